The largest absolute Gasteiger partial charge is 0.326 e. The summed E-state index contributed by atoms with van der Waals surface area (Å²) in [5.74, 6) is 0.0617. The predicted octanol–water partition coefficient (Wildman–Crippen LogP) is 5.03. The lowest BCUT2D eigenvalue weighted by molar-refractivity contribution is -0.116. The SMILES string of the molecule is Cc1ccc(C)c(NC(=O)CCc2cccc3ccccc23)c1. The summed E-state index contributed by atoms with van der Waals surface area (Å²) in [4.78, 5) is 12.3. The third kappa shape index (κ3) is 3.59. The third-order valence-electron chi connectivity index (χ3n) is 4.17. The Morgan fingerprint density at radius 2 is 1.74 bits per heavy atom. The van der Waals surface area contributed by atoms with Crippen molar-refractivity contribution in [3.8, 4) is 0 Å². The molecule has 0 fully saturated rings. The maximum Gasteiger partial charge on any atom is 0.224 e. The standard InChI is InChI=1S/C21H21NO/c1-15-10-11-16(2)20(14-15)22-21(23)13-12-18-8-5-7-17-6-3-4-9-19(17)18/h3-11,14H,12-13H2,1-2H3,(H,22,23). The van der Waals surface area contributed by atoms with Gasteiger partial charge in [-0.2, -0.15) is 0 Å². The van der Waals surface area contributed by atoms with Gasteiger partial charge in [0.05, 0.1) is 0 Å². The van der Waals surface area contributed by atoms with Crippen LogP contribution in [0, 0.1) is 13.8 Å². The van der Waals surface area contributed by atoms with Crippen LogP contribution in [0.4, 0.5) is 5.69 Å². The Morgan fingerprint density at radius 1 is 0.957 bits per heavy atom. The van der Waals surface area contributed by atoms with Crippen molar-refractivity contribution in [1.29, 1.82) is 0 Å². The molecule has 0 heterocycles. The smallest absolute Gasteiger partial charge is 0.224 e. The molecule has 1 N–H and O–H groups in total. The molecule has 23 heavy (non-hydrogen) atoms. The van der Waals surface area contributed by atoms with Crippen molar-refractivity contribution in [1.82, 2.24) is 0 Å². The third-order valence-corrected chi connectivity index (χ3v) is 4.17. The molecule has 0 saturated heterocycles. The molecule has 0 aliphatic carbocycles. The Morgan fingerprint density at radius 3 is 2.61 bits per heavy atom. The number of amides is 1. The number of rotatable bonds is 4. The maximum atomic E-state index is 12.3. The normalized spacial score (nSPS) is 10.7. The highest BCUT2D eigenvalue weighted by Gasteiger charge is 2.07. The van der Waals surface area contributed by atoms with Gasteiger partial charge in [0.1, 0.15) is 0 Å². The van der Waals surface area contributed by atoms with Crippen molar-refractivity contribution in [3.63, 3.8) is 0 Å². The summed E-state index contributed by atoms with van der Waals surface area (Å²) in [5, 5.41) is 5.48. The number of aryl methyl sites for hydroxylation is 3. The Labute approximate surface area is 137 Å². The van der Waals surface area contributed by atoms with Gasteiger partial charge in [0.15, 0.2) is 0 Å². The molecule has 0 atom stereocenters. The number of carbonyl (C=O) groups excluding carboxylic acids is 1. The average molecular weight is 303 g/mol. The van der Waals surface area contributed by atoms with Crippen LogP contribution >= 0.6 is 0 Å². The van der Waals surface area contributed by atoms with Gasteiger partial charge in [-0.1, -0.05) is 54.6 Å². The molecule has 2 heteroatoms. The second kappa shape index (κ2) is 6.66. The summed E-state index contributed by atoms with van der Waals surface area (Å²) >= 11 is 0. The van der Waals surface area contributed by atoms with Crippen molar-refractivity contribution in [2.24, 2.45) is 0 Å². The van der Waals surface area contributed by atoms with Crippen molar-refractivity contribution >= 4 is 22.4 Å². The first-order valence-corrected chi connectivity index (χ1v) is 7.97. The fourth-order valence-corrected chi connectivity index (χ4v) is 2.84. The maximum absolute atomic E-state index is 12.3. The molecule has 3 aromatic rings. The van der Waals surface area contributed by atoms with Crippen molar-refractivity contribution in [2.75, 3.05) is 5.32 Å². The van der Waals surface area contributed by atoms with Crippen molar-refractivity contribution in [3.05, 3.63) is 77.4 Å². The zero-order valence-electron chi connectivity index (χ0n) is 13.6. The molecular formula is C21H21NO. The fourth-order valence-electron chi connectivity index (χ4n) is 2.84. The van der Waals surface area contributed by atoms with E-state index < -0.39 is 0 Å². The van der Waals surface area contributed by atoms with Crippen LogP contribution in [0.1, 0.15) is 23.1 Å². The van der Waals surface area contributed by atoms with Gasteiger partial charge in [-0.15, -0.1) is 0 Å². The number of nitrogens with one attached hydrogen (secondary N) is 1. The average Bonchev–Trinajstić information content (AvgIpc) is 2.56. The Balaban J connectivity index is 1.70. The van der Waals surface area contributed by atoms with Crippen LogP contribution in [-0.4, -0.2) is 5.91 Å². The van der Waals surface area contributed by atoms with E-state index in [0.717, 1.165) is 23.2 Å². The molecular weight excluding hydrogens is 282 g/mol. The highest BCUT2D eigenvalue weighted by Crippen LogP contribution is 2.21. The number of carbonyl (C=O) groups is 1. The van der Waals surface area contributed by atoms with E-state index in [9.17, 15) is 4.79 Å². The van der Waals surface area contributed by atoms with Crippen molar-refractivity contribution in [2.45, 2.75) is 26.7 Å². The van der Waals surface area contributed by atoms with Crippen LogP contribution in [0.25, 0.3) is 10.8 Å². The summed E-state index contributed by atoms with van der Waals surface area (Å²) in [6.45, 7) is 4.05. The van der Waals surface area contributed by atoms with E-state index in [1.165, 1.54) is 16.3 Å². The first kappa shape index (κ1) is 15.3. The van der Waals surface area contributed by atoms with Gasteiger partial charge in [0.25, 0.3) is 0 Å². The van der Waals surface area contributed by atoms with E-state index >= 15 is 0 Å². The van der Waals surface area contributed by atoms with Gasteiger partial charge >= 0.3 is 0 Å². The zero-order valence-corrected chi connectivity index (χ0v) is 13.6. The minimum absolute atomic E-state index is 0.0617. The highest BCUT2D eigenvalue weighted by molar-refractivity contribution is 5.92. The van der Waals surface area contributed by atoms with Crippen LogP contribution in [0.5, 0.6) is 0 Å². The molecule has 0 saturated carbocycles. The summed E-state index contributed by atoms with van der Waals surface area (Å²) in [6, 6.07) is 20.7. The molecule has 0 aliphatic heterocycles. The molecule has 3 aromatic carbocycles. The van der Waals surface area contributed by atoms with Crippen LogP contribution in [-0.2, 0) is 11.2 Å². The number of benzene rings is 3. The molecule has 0 aromatic heterocycles. The molecule has 116 valence electrons. The van der Waals surface area contributed by atoms with Crippen LogP contribution < -0.4 is 5.32 Å². The first-order valence-electron chi connectivity index (χ1n) is 7.97. The fraction of sp³-hybridized carbons (Fsp3) is 0.190. The molecule has 0 bridgehead atoms. The molecule has 1 amide bonds. The molecule has 0 unspecified atom stereocenters. The second-order valence-corrected chi connectivity index (χ2v) is 6.00. The number of fused-ring (bicyclic) bond motifs is 1. The lowest BCUT2D eigenvalue weighted by Gasteiger charge is -2.10. The van der Waals surface area contributed by atoms with Gasteiger partial charge < -0.3 is 5.32 Å². The van der Waals surface area contributed by atoms with Gasteiger partial charge in [0.2, 0.25) is 5.91 Å². The number of hydrogen-bond donors (Lipinski definition) is 1. The second-order valence-electron chi connectivity index (χ2n) is 6.00. The van der Waals surface area contributed by atoms with Crippen LogP contribution in [0.15, 0.2) is 60.7 Å². The molecule has 2 nitrogen and oxygen atoms in total. The van der Waals surface area contributed by atoms with Gasteiger partial charge in [-0.05, 0) is 53.8 Å². The van der Waals surface area contributed by atoms with Crippen molar-refractivity contribution < 1.29 is 4.79 Å². The number of anilines is 1. The van der Waals surface area contributed by atoms with E-state index in [1.54, 1.807) is 0 Å². The van der Waals surface area contributed by atoms with E-state index in [2.05, 4.69) is 41.7 Å². The summed E-state index contributed by atoms with van der Waals surface area (Å²) in [6.07, 6.45) is 1.24. The summed E-state index contributed by atoms with van der Waals surface area (Å²) in [7, 11) is 0. The number of hydrogen-bond acceptors (Lipinski definition) is 1. The lowest BCUT2D eigenvalue weighted by Crippen LogP contribution is -2.13. The molecule has 0 aliphatic rings. The van der Waals surface area contributed by atoms with Crippen LogP contribution in [0.2, 0.25) is 0 Å². The topological polar surface area (TPSA) is 29.1 Å². The lowest BCUT2D eigenvalue weighted by atomic mass is 10.0. The minimum Gasteiger partial charge on any atom is -0.326 e. The zero-order chi connectivity index (χ0) is 16.2. The Hall–Kier alpha value is -2.61. The Kier molecular flexibility index (Phi) is 4.42. The summed E-state index contributed by atoms with van der Waals surface area (Å²) < 4.78 is 0. The predicted molar refractivity (Wildman–Crippen MR) is 96.8 cm³/mol. The minimum atomic E-state index is 0.0617. The van der Waals surface area contributed by atoms with Gasteiger partial charge in [0, 0.05) is 12.1 Å². The molecule has 0 spiro atoms. The molecule has 0 radical (unpaired) electrons. The van der Waals surface area contributed by atoms with E-state index in [1.807, 2.05) is 38.1 Å². The Bertz CT molecular complexity index is 846. The van der Waals surface area contributed by atoms with E-state index in [-0.39, 0.29) is 5.91 Å². The molecule has 3 rings (SSSR count). The quantitative estimate of drug-likeness (QED) is 0.719. The highest BCUT2D eigenvalue weighted by atomic mass is 16.1. The van der Waals surface area contributed by atoms with Crippen LogP contribution in [0.3, 0.4) is 0 Å². The first-order chi connectivity index (χ1) is 11.1. The summed E-state index contributed by atoms with van der Waals surface area (Å²) in [5.41, 5.74) is 4.38. The van der Waals surface area contributed by atoms with E-state index in [4.69, 9.17) is 0 Å². The van der Waals surface area contributed by atoms with Gasteiger partial charge in [-0.25, -0.2) is 0 Å². The monoisotopic (exact) mass is 303 g/mol. The van der Waals surface area contributed by atoms with Gasteiger partial charge in [-0.3, -0.25) is 4.79 Å². The van der Waals surface area contributed by atoms with E-state index in [0.29, 0.717) is 6.42 Å².